The van der Waals surface area contributed by atoms with E-state index in [1.807, 2.05) is 19.2 Å². The van der Waals surface area contributed by atoms with E-state index in [1.54, 1.807) is 12.4 Å². The molecule has 1 aromatic heterocycles. The lowest BCUT2D eigenvalue weighted by atomic mass is 10.2. The van der Waals surface area contributed by atoms with Crippen molar-refractivity contribution in [3.63, 3.8) is 0 Å². The van der Waals surface area contributed by atoms with Gasteiger partial charge >= 0.3 is 0 Å². The summed E-state index contributed by atoms with van der Waals surface area (Å²) in [5, 5.41) is 0. The number of pyridine rings is 1. The van der Waals surface area contributed by atoms with E-state index < -0.39 is 0 Å². The first-order valence-electron chi connectivity index (χ1n) is 5.36. The molecule has 1 fully saturated rings. The van der Waals surface area contributed by atoms with E-state index in [9.17, 15) is 4.79 Å². The summed E-state index contributed by atoms with van der Waals surface area (Å²) in [7, 11) is 1.99. The van der Waals surface area contributed by atoms with Crippen molar-refractivity contribution in [2.75, 3.05) is 13.6 Å². The van der Waals surface area contributed by atoms with Gasteiger partial charge in [0.2, 0.25) is 0 Å². The number of carbonyl (C=O) groups is 1. The minimum Gasteiger partial charge on any atom is -0.298 e. The molecule has 2 rings (SSSR count). The van der Waals surface area contributed by atoms with Crippen LogP contribution in [0.5, 0.6) is 0 Å². The van der Waals surface area contributed by atoms with Crippen molar-refractivity contribution in [2.24, 2.45) is 5.92 Å². The second kappa shape index (κ2) is 4.53. The summed E-state index contributed by atoms with van der Waals surface area (Å²) in [6.45, 7) is 1.40. The SMILES string of the molecule is CN(CC(=O)C1CC1)Cc1ccncc1. The highest BCUT2D eigenvalue weighted by Crippen LogP contribution is 2.29. The smallest absolute Gasteiger partial charge is 0.149 e. The van der Waals surface area contributed by atoms with Crippen LogP contribution in [0.2, 0.25) is 0 Å². The first-order chi connectivity index (χ1) is 7.25. The van der Waals surface area contributed by atoms with Gasteiger partial charge in [-0.1, -0.05) is 0 Å². The van der Waals surface area contributed by atoms with Gasteiger partial charge in [0.05, 0.1) is 6.54 Å². The van der Waals surface area contributed by atoms with Crippen molar-refractivity contribution in [1.82, 2.24) is 9.88 Å². The minimum atomic E-state index is 0.366. The molecule has 80 valence electrons. The summed E-state index contributed by atoms with van der Waals surface area (Å²) in [5.41, 5.74) is 1.20. The fraction of sp³-hybridized carbons (Fsp3) is 0.500. The molecule has 1 aromatic rings. The van der Waals surface area contributed by atoms with Crippen molar-refractivity contribution in [3.8, 4) is 0 Å². The molecular weight excluding hydrogens is 188 g/mol. The third kappa shape index (κ3) is 3.13. The fourth-order valence-corrected chi connectivity index (χ4v) is 1.66. The number of aromatic nitrogens is 1. The average Bonchev–Trinajstić information content (AvgIpc) is 3.01. The molecule has 0 unspecified atom stereocenters. The Balaban J connectivity index is 1.81. The zero-order valence-corrected chi connectivity index (χ0v) is 9.02. The molecule has 1 aliphatic carbocycles. The second-order valence-corrected chi connectivity index (χ2v) is 4.27. The number of likely N-dealkylation sites (N-methyl/N-ethyl adjacent to an activating group) is 1. The highest BCUT2D eigenvalue weighted by Gasteiger charge is 2.29. The first kappa shape index (κ1) is 10.3. The third-order valence-electron chi connectivity index (χ3n) is 2.66. The normalized spacial score (nSPS) is 15.6. The van der Waals surface area contributed by atoms with Gasteiger partial charge in [-0.2, -0.15) is 0 Å². The molecule has 1 aliphatic rings. The second-order valence-electron chi connectivity index (χ2n) is 4.27. The van der Waals surface area contributed by atoms with E-state index in [1.165, 1.54) is 5.56 Å². The summed E-state index contributed by atoms with van der Waals surface area (Å²) in [4.78, 5) is 17.6. The van der Waals surface area contributed by atoms with Gasteiger partial charge in [0.15, 0.2) is 0 Å². The molecule has 0 aliphatic heterocycles. The summed E-state index contributed by atoms with van der Waals surface area (Å²) in [6, 6.07) is 3.97. The standard InChI is InChI=1S/C12H16N2O/c1-14(9-12(15)11-2-3-11)8-10-4-6-13-7-5-10/h4-7,11H,2-3,8-9H2,1H3. The van der Waals surface area contributed by atoms with Crippen molar-refractivity contribution < 1.29 is 4.79 Å². The zero-order valence-electron chi connectivity index (χ0n) is 9.02. The molecule has 15 heavy (non-hydrogen) atoms. The van der Waals surface area contributed by atoms with Crippen LogP contribution in [-0.4, -0.2) is 29.3 Å². The van der Waals surface area contributed by atoms with Crippen molar-refractivity contribution >= 4 is 5.78 Å². The largest absolute Gasteiger partial charge is 0.298 e. The van der Waals surface area contributed by atoms with Gasteiger partial charge < -0.3 is 0 Å². The van der Waals surface area contributed by atoms with Crippen LogP contribution in [0.4, 0.5) is 0 Å². The molecule has 3 nitrogen and oxygen atoms in total. The molecule has 1 saturated carbocycles. The van der Waals surface area contributed by atoms with Gasteiger partial charge in [-0.15, -0.1) is 0 Å². The van der Waals surface area contributed by atoms with Crippen LogP contribution in [0.3, 0.4) is 0 Å². The monoisotopic (exact) mass is 204 g/mol. The summed E-state index contributed by atoms with van der Waals surface area (Å²) in [6.07, 6.45) is 5.77. The van der Waals surface area contributed by atoms with Crippen LogP contribution in [0, 0.1) is 5.92 Å². The maximum Gasteiger partial charge on any atom is 0.149 e. The van der Waals surface area contributed by atoms with Crippen LogP contribution < -0.4 is 0 Å². The van der Waals surface area contributed by atoms with Crippen molar-refractivity contribution in [2.45, 2.75) is 19.4 Å². The Kier molecular flexibility index (Phi) is 3.11. The Labute approximate surface area is 90.1 Å². The number of nitrogens with zero attached hydrogens (tertiary/aromatic N) is 2. The summed E-state index contributed by atoms with van der Waals surface area (Å²) < 4.78 is 0. The maximum absolute atomic E-state index is 11.6. The maximum atomic E-state index is 11.6. The molecule has 0 saturated heterocycles. The quantitative estimate of drug-likeness (QED) is 0.728. The Morgan fingerprint density at radius 3 is 2.73 bits per heavy atom. The zero-order chi connectivity index (χ0) is 10.7. The van der Waals surface area contributed by atoms with E-state index in [2.05, 4.69) is 9.88 Å². The molecule has 0 radical (unpaired) electrons. The lowest BCUT2D eigenvalue weighted by molar-refractivity contribution is -0.121. The van der Waals surface area contributed by atoms with Gasteiger partial charge in [-0.25, -0.2) is 0 Å². The van der Waals surface area contributed by atoms with Crippen LogP contribution in [0.25, 0.3) is 0 Å². The molecule has 0 spiro atoms. The number of hydrogen-bond acceptors (Lipinski definition) is 3. The van der Waals surface area contributed by atoms with Crippen LogP contribution in [0.1, 0.15) is 18.4 Å². The molecule has 0 bridgehead atoms. The molecule has 0 N–H and O–H groups in total. The molecule has 3 heteroatoms. The highest BCUT2D eigenvalue weighted by molar-refractivity contribution is 5.84. The van der Waals surface area contributed by atoms with E-state index in [0.29, 0.717) is 18.2 Å². The lowest BCUT2D eigenvalue weighted by Crippen LogP contribution is -2.26. The average molecular weight is 204 g/mol. The van der Waals surface area contributed by atoms with Crippen LogP contribution in [-0.2, 0) is 11.3 Å². The summed E-state index contributed by atoms with van der Waals surface area (Å²) in [5.74, 6) is 0.761. The molecule has 1 heterocycles. The van der Waals surface area contributed by atoms with Gasteiger partial charge in [0, 0.05) is 24.9 Å². The number of carbonyl (C=O) groups excluding carboxylic acids is 1. The number of Topliss-reactive ketones (excluding diaryl/α,β-unsaturated/α-hetero) is 1. The summed E-state index contributed by atoms with van der Waals surface area (Å²) >= 11 is 0. The van der Waals surface area contributed by atoms with Crippen LogP contribution in [0.15, 0.2) is 24.5 Å². The lowest BCUT2D eigenvalue weighted by Gasteiger charge is -2.15. The van der Waals surface area contributed by atoms with E-state index in [4.69, 9.17) is 0 Å². The van der Waals surface area contributed by atoms with Gasteiger partial charge in [-0.05, 0) is 37.6 Å². The van der Waals surface area contributed by atoms with Crippen molar-refractivity contribution in [3.05, 3.63) is 30.1 Å². The molecule has 0 atom stereocenters. The Morgan fingerprint density at radius 1 is 1.47 bits per heavy atom. The van der Waals surface area contributed by atoms with Gasteiger partial charge in [0.25, 0.3) is 0 Å². The first-order valence-corrected chi connectivity index (χ1v) is 5.36. The Hall–Kier alpha value is -1.22. The molecular formula is C12H16N2O. The molecule has 0 aromatic carbocycles. The predicted molar refractivity (Wildman–Crippen MR) is 58.3 cm³/mol. The highest BCUT2D eigenvalue weighted by atomic mass is 16.1. The topological polar surface area (TPSA) is 33.2 Å². The van der Waals surface area contributed by atoms with E-state index in [-0.39, 0.29) is 0 Å². The number of hydrogen-bond donors (Lipinski definition) is 0. The minimum absolute atomic E-state index is 0.366. The van der Waals surface area contributed by atoms with E-state index in [0.717, 1.165) is 19.4 Å². The number of ketones is 1. The van der Waals surface area contributed by atoms with Crippen molar-refractivity contribution in [1.29, 1.82) is 0 Å². The van der Waals surface area contributed by atoms with E-state index >= 15 is 0 Å². The Bertz CT molecular complexity index is 333. The van der Waals surface area contributed by atoms with Gasteiger partial charge in [0.1, 0.15) is 5.78 Å². The van der Waals surface area contributed by atoms with Gasteiger partial charge in [-0.3, -0.25) is 14.7 Å². The Morgan fingerprint density at radius 2 is 2.13 bits per heavy atom. The fourth-order valence-electron chi connectivity index (χ4n) is 1.66. The number of rotatable bonds is 5. The predicted octanol–water partition coefficient (Wildman–Crippen LogP) is 1.49. The molecule has 0 amide bonds. The third-order valence-corrected chi connectivity index (χ3v) is 2.66. The van der Waals surface area contributed by atoms with Crippen LogP contribution >= 0.6 is 0 Å².